The standard InChI is InChI=1S/C17H17N3/c1-12-6-2-3-7-13(12)17(20-18)15-10-11-19-16-9-5-4-8-14(15)16/h2-11,17,20H,18H2,1H3. The molecule has 0 aliphatic rings. The number of nitrogens with two attached hydrogens (primary N) is 1. The third kappa shape index (κ3) is 2.18. The summed E-state index contributed by atoms with van der Waals surface area (Å²) in [5, 5.41) is 1.13. The van der Waals surface area contributed by atoms with Crippen LogP contribution >= 0.6 is 0 Å². The first-order valence-electron chi connectivity index (χ1n) is 6.66. The Labute approximate surface area is 118 Å². The van der Waals surface area contributed by atoms with Gasteiger partial charge in [0.05, 0.1) is 11.6 Å². The van der Waals surface area contributed by atoms with Crippen molar-refractivity contribution < 1.29 is 0 Å². The van der Waals surface area contributed by atoms with Crippen LogP contribution in [-0.4, -0.2) is 4.98 Å². The number of nitrogens with zero attached hydrogens (tertiary/aromatic N) is 1. The largest absolute Gasteiger partial charge is 0.271 e. The first-order chi connectivity index (χ1) is 9.81. The van der Waals surface area contributed by atoms with Crippen LogP contribution in [0.2, 0.25) is 0 Å². The molecule has 3 nitrogen and oxygen atoms in total. The van der Waals surface area contributed by atoms with Crippen molar-refractivity contribution in [1.82, 2.24) is 10.4 Å². The number of para-hydroxylation sites is 1. The summed E-state index contributed by atoms with van der Waals surface area (Å²) in [5.74, 6) is 5.83. The fourth-order valence-electron chi connectivity index (χ4n) is 2.63. The molecule has 1 heterocycles. The second-order valence-corrected chi connectivity index (χ2v) is 4.87. The minimum absolute atomic E-state index is 0.0379. The maximum Gasteiger partial charge on any atom is 0.0719 e. The van der Waals surface area contributed by atoms with Crippen LogP contribution in [0.4, 0.5) is 0 Å². The van der Waals surface area contributed by atoms with Crippen LogP contribution in [0.3, 0.4) is 0 Å². The number of benzene rings is 2. The monoisotopic (exact) mass is 263 g/mol. The highest BCUT2D eigenvalue weighted by molar-refractivity contribution is 5.82. The number of nitrogens with one attached hydrogen (secondary N) is 1. The number of hydrazine groups is 1. The average molecular weight is 263 g/mol. The summed E-state index contributed by atoms with van der Waals surface area (Å²) in [6.45, 7) is 2.10. The van der Waals surface area contributed by atoms with Gasteiger partial charge in [-0.05, 0) is 35.7 Å². The molecule has 3 heteroatoms. The van der Waals surface area contributed by atoms with Gasteiger partial charge in [0.2, 0.25) is 0 Å². The molecule has 1 aromatic heterocycles. The van der Waals surface area contributed by atoms with Crippen LogP contribution in [0, 0.1) is 6.92 Å². The number of hydrogen-bond donors (Lipinski definition) is 2. The van der Waals surface area contributed by atoms with Gasteiger partial charge in [0.25, 0.3) is 0 Å². The molecule has 0 saturated heterocycles. The Hall–Kier alpha value is -2.23. The van der Waals surface area contributed by atoms with E-state index in [0.29, 0.717) is 0 Å². The highest BCUT2D eigenvalue weighted by atomic mass is 15.2. The van der Waals surface area contributed by atoms with E-state index in [2.05, 4.69) is 35.5 Å². The molecule has 0 spiro atoms. The zero-order valence-corrected chi connectivity index (χ0v) is 11.4. The molecular weight excluding hydrogens is 246 g/mol. The van der Waals surface area contributed by atoms with Crippen molar-refractivity contribution in [1.29, 1.82) is 0 Å². The van der Waals surface area contributed by atoms with Gasteiger partial charge in [-0.2, -0.15) is 0 Å². The second kappa shape index (κ2) is 5.41. The van der Waals surface area contributed by atoms with Crippen molar-refractivity contribution in [2.75, 3.05) is 0 Å². The molecule has 1 atom stereocenters. The number of hydrogen-bond acceptors (Lipinski definition) is 3. The fourth-order valence-corrected chi connectivity index (χ4v) is 2.63. The van der Waals surface area contributed by atoms with Gasteiger partial charge in [0, 0.05) is 11.6 Å². The molecule has 0 amide bonds. The molecule has 100 valence electrons. The van der Waals surface area contributed by atoms with E-state index in [4.69, 9.17) is 5.84 Å². The van der Waals surface area contributed by atoms with Crippen molar-refractivity contribution >= 4 is 10.9 Å². The first-order valence-corrected chi connectivity index (χ1v) is 6.66. The third-order valence-corrected chi connectivity index (χ3v) is 3.66. The molecule has 3 rings (SSSR count). The number of fused-ring (bicyclic) bond motifs is 1. The Morgan fingerprint density at radius 1 is 0.950 bits per heavy atom. The smallest absolute Gasteiger partial charge is 0.0719 e. The summed E-state index contributed by atoms with van der Waals surface area (Å²) in [7, 11) is 0. The molecule has 0 aliphatic heterocycles. The number of rotatable bonds is 3. The van der Waals surface area contributed by atoms with Crippen LogP contribution in [0.5, 0.6) is 0 Å². The average Bonchev–Trinajstić information content (AvgIpc) is 2.50. The lowest BCUT2D eigenvalue weighted by Gasteiger charge is -2.20. The van der Waals surface area contributed by atoms with E-state index in [1.807, 2.05) is 42.6 Å². The number of aromatic nitrogens is 1. The summed E-state index contributed by atoms with van der Waals surface area (Å²) in [5.41, 5.74) is 7.48. The molecule has 0 saturated carbocycles. The maximum atomic E-state index is 5.83. The zero-order valence-electron chi connectivity index (χ0n) is 11.4. The summed E-state index contributed by atoms with van der Waals surface area (Å²) >= 11 is 0. The van der Waals surface area contributed by atoms with Crippen LogP contribution in [0.15, 0.2) is 60.8 Å². The Kier molecular flexibility index (Phi) is 3.46. The van der Waals surface area contributed by atoms with Gasteiger partial charge in [-0.25, -0.2) is 5.43 Å². The molecule has 0 aliphatic carbocycles. The molecule has 2 aromatic carbocycles. The van der Waals surface area contributed by atoms with Crippen molar-refractivity contribution in [2.24, 2.45) is 5.84 Å². The van der Waals surface area contributed by atoms with Gasteiger partial charge in [-0.3, -0.25) is 10.8 Å². The van der Waals surface area contributed by atoms with E-state index in [-0.39, 0.29) is 6.04 Å². The van der Waals surface area contributed by atoms with E-state index >= 15 is 0 Å². The second-order valence-electron chi connectivity index (χ2n) is 4.87. The van der Waals surface area contributed by atoms with Crippen LogP contribution in [-0.2, 0) is 0 Å². The van der Waals surface area contributed by atoms with Gasteiger partial charge in [-0.15, -0.1) is 0 Å². The lowest BCUT2D eigenvalue weighted by atomic mass is 9.93. The van der Waals surface area contributed by atoms with Crippen molar-refractivity contribution in [2.45, 2.75) is 13.0 Å². The summed E-state index contributed by atoms with van der Waals surface area (Å²) in [4.78, 5) is 4.41. The molecule has 3 N–H and O–H groups in total. The first kappa shape index (κ1) is 12.8. The zero-order chi connectivity index (χ0) is 13.9. The summed E-state index contributed by atoms with van der Waals surface area (Å²) in [6, 6.07) is 18.4. The van der Waals surface area contributed by atoms with E-state index < -0.39 is 0 Å². The fraction of sp³-hybridized carbons (Fsp3) is 0.118. The maximum absolute atomic E-state index is 5.83. The third-order valence-electron chi connectivity index (χ3n) is 3.66. The van der Waals surface area contributed by atoms with Gasteiger partial charge in [0.15, 0.2) is 0 Å². The number of aryl methyl sites for hydroxylation is 1. The quantitative estimate of drug-likeness (QED) is 0.564. The molecule has 0 bridgehead atoms. The van der Waals surface area contributed by atoms with E-state index in [9.17, 15) is 0 Å². The highest BCUT2D eigenvalue weighted by Gasteiger charge is 2.16. The Morgan fingerprint density at radius 2 is 1.70 bits per heavy atom. The lowest BCUT2D eigenvalue weighted by molar-refractivity contribution is 0.637. The van der Waals surface area contributed by atoms with E-state index in [1.165, 1.54) is 11.1 Å². The SMILES string of the molecule is Cc1ccccc1C(NN)c1ccnc2ccccc12. The highest BCUT2D eigenvalue weighted by Crippen LogP contribution is 2.28. The molecule has 0 radical (unpaired) electrons. The van der Waals surface area contributed by atoms with Gasteiger partial charge < -0.3 is 0 Å². The van der Waals surface area contributed by atoms with E-state index in [0.717, 1.165) is 16.5 Å². The minimum atomic E-state index is -0.0379. The van der Waals surface area contributed by atoms with Crippen LogP contribution in [0.25, 0.3) is 10.9 Å². The van der Waals surface area contributed by atoms with Gasteiger partial charge in [0.1, 0.15) is 0 Å². The van der Waals surface area contributed by atoms with Crippen molar-refractivity contribution in [3.8, 4) is 0 Å². The van der Waals surface area contributed by atoms with Crippen molar-refractivity contribution in [3.05, 3.63) is 77.5 Å². The van der Waals surface area contributed by atoms with Gasteiger partial charge in [-0.1, -0.05) is 42.5 Å². The number of pyridine rings is 1. The molecule has 20 heavy (non-hydrogen) atoms. The molecular formula is C17H17N3. The Morgan fingerprint density at radius 3 is 2.50 bits per heavy atom. The van der Waals surface area contributed by atoms with Gasteiger partial charge >= 0.3 is 0 Å². The minimum Gasteiger partial charge on any atom is -0.271 e. The molecule has 0 fully saturated rings. The molecule has 3 aromatic rings. The summed E-state index contributed by atoms with van der Waals surface area (Å²) < 4.78 is 0. The normalized spacial score (nSPS) is 12.5. The predicted molar refractivity (Wildman–Crippen MR) is 82.1 cm³/mol. The summed E-state index contributed by atoms with van der Waals surface area (Å²) in [6.07, 6.45) is 1.83. The van der Waals surface area contributed by atoms with Crippen LogP contribution < -0.4 is 11.3 Å². The van der Waals surface area contributed by atoms with Crippen LogP contribution in [0.1, 0.15) is 22.7 Å². The predicted octanol–water partition coefficient (Wildman–Crippen LogP) is 3.10. The molecule has 1 unspecified atom stereocenters. The van der Waals surface area contributed by atoms with Crippen molar-refractivity contribution in [3.63, 3.8) is 0 Å². The van der Waals surface area contributed by atoms with E-state index in [1.54, 1.807) is 0 Å². The topological polar surface area (TPSA) is 50.9 Å². The Balaban J connectivity index is 2.20. The Bertz CT molecular complexity index is 732. The lowest BCUT2D eigenvalue weighted by Crippen LogP contribution is -2.29.